The van der Waals surface area contributed by atoms with Gasteiger partial charge in [0.05, 0.1) is 17.3 Å². The van der Waals surface area contributed by atoms with E-state index in [-0.39, 0.29) is 11.7 Å². The predicted molar refractivity (Wildman–Crippen MR) is 81.7 cm³/mol. The van der Waals surface area contributed by atoms with Gasteiger partial charge in [0, 0.05) is 11.9 Å². The van der Waals surface area contributed by atoms with Crippen molar-refractivity contribution in [2.75, 3.05) is 5.32 Å². The molecule has 1 aromatic heterocycles. The number of hydrogen-bond donors (Lipinski definition) is 3. The van der Waals surface area contributed by atoms with Crippen molar-refractivity contribution in [3.05, 3.63) is 59.9 Å². The Morgan fingerprint density at radius 2 is 2.00 bits per heavy atom. The number of carbonyl (C=O) groups excluding carboxylic acids is 1. The van der Waals surface area contributed by atoms with E-state index in [1.165, 1.54) is 12.1 Å². The molecule has 3 N–H and O–H groups in total. The lowest BCUT2D eigenvalue weighted by Crippen LogP contribution is -2.39. The fraction of sp³-hybridized carbons (Fsp3) is 0.250. The van der Waals surface area contributed by atoms with E-state index in [9.17, 15) is 18.0 Å². The average molecular weight is 336 g/mol. The highest BCUT2D eigenvalue weighted by atomic mass is 19.4. The van der Waals surface area contributed by atoms with Gasteiger partial charge in [0.25, 0.3) is 0 Å². The number of benzene rings is 1. The highest BCUT2D eigenvalue weighted by molar-refractivity contribution is 5.95. The Kier molecular flexibility index (Phi) is 4.50. The molecule has 1 amide bonds. The second kappa shape index (κ2) is 6.58. The SMILES string of the molecule is O=C(Nc1cccc(C(F)(F)F)c1)C1CC(c2ccccn2)NN1. The molecule has 1 aliphatic heterocycles. The van der Waals surface area contributed by atoms with E-state index in [0.29, 0.717) is 6.42 Å². The van der Waals surface area contributed by atoms with Crippen LogP contribution < -0.4 is 16.2 Å². The summed E-state index contributed by atoms with van der Waals surface area (Å²) < 4.78 is 38.1. The zero-order valence-electron chi connectivity index (χ0n) is 12.5. The van der Waals surface area contributed by atoms with Crippen LogP contribution in [0.3, 0.4) is 0 Å². The molecule has 2 heterocycles. The van der Waals surface area contributed by atoms with Gasteiger partial charge in [0.15, 0.2) is 0 Å². The lowest BCUT2D eigenvalue weighted by atomic mass is 10.1. The molecule has 0 saturated carbocycles. The summed E-state index contributed by atoms with van der Waals surface area (Å²) in [6, 6.07) is 9.34. The Morgan fingerprint density at radius 3 is 2.71 bits per heavy atom. The summed E-state index contributed by atoms with van der Waals surface area (Å²) in [5.41, 5.74) is 5.92. The zero-order valence-corrected chi connectivity index (χ0v) is 12.5. The maximum absolute atomic E-state index is 12.7. The van der Waals surface area contributed by atoms with E-state index in [2.05, 4.69) is 21.2 Å². The number of alkyl halides is 3. The normalized spacial score (nSPS) is 20.8. The van der Waals surface area contributed by atoms with Crippen molar-refractivity contribution in [3.8, 4) is 0 Å². The number of carbonyl (C=O) groups is 1. The van der Waals surface area contributed by atoms with Gasteiger partial charge in [-0.2, -0.15) is 13.2 Å². The maximum atomic E-state index is 12.7. The minimum atomic E-state index is -4.45. The predicted octanol–water partition coefficient (Wildman–Crippen LogP) is 2.65. The molecule has 2 aromatic rings. The number of hydrogen-bond acceptors (Lipinski definition) is 4. The highest BCUT2D eigenvalue weighted by Gasteiger charge is 2.32. The van der Waals surface area contributed by atoms with Gasteiger partial charge >= 0.3 is 6.18 Å². The van der Waals surface area contributed by atoms with Crippen molar-refractivity contribution in [1.82, 2.24) is 15.8 Å². The molecule has 1 aromatic carbocycles. The van der Waals surface area contributed by atoms with E-state index >= 15 is 0 Å². The molecule has 8 heteroatoms. The monoisotopic (exact) mass is 336 g/mol. The molecule has 0 bridgehead atoms. The summed E-state index contributed by atoms with van der Waals surface area (Å²) in [7, 11) is 0. The van der Waals surface area contributed by atoms with Crippen LogP contribution in [-0.4, -0.2) is 16.9 Å². The fourth-order valence-corrected chi connectivity index (χ4v) is 2.51. The van der Waals surface area contributed by atoms with Gasteiger partial charge < -0.3 is 5.32 Å². The third-order valence-electron chi connectivity index (χ3n) is 3.72. The first-order valence-corrected chi connectivity index (χ1v) is 7.33. The molecular weight excluding hydrogens is 321 g/mol. The summed E-state index contributed by atoms with van der Waals surface area (Å²) in [6.45, 7) is 0. The summed E-state index contributed by atoms with van der Waals surface area (Å²) in [5.74, 6) is -0.403. The molecular formula is C16H15F3N4O. The van der Waals surface area contributed by atoms with Crippen molar-refractivity contribution < 1.29 is 18.0 Å². The van der Waals surface area contributed by atoms with Gasteiger partial charge in [0.1, 0.15) is 6.04 Å². The van der Waals surface area contributed by atoms with E-state index in [1.54, 1.807) is 12.3 Å². The first kappa shape index (κ1) is 16.4. The third-order valence-corrected chi connectivity index (χ3v) is 3.72. The molecule has 1 fully saturated rings. The van der Waals surface area contributed by atoms with E-state index < -0.39 is 23.7 Å². The summed E-state index contributed by atoms with van der Waals surface area (Å²) >= 11 is 0. The van der Waals surface area contributed by atoms with Crippen molar-refractivity contribution in [3.63, 3.8) is 0 Å². The van der Waals surface area contributed by atoms with Gasteiger partial charge in [-0.05, 0) is 36.8 Å². The van der Waals surface area contributed by atoms with E-state index in [0.717, 1.165) is 17.8 Å². The number of pyridine rings is 1. The summed E-state index contributed by atoms with van der Waals surface area (Å²) in [6.07, 6.45) is -2.34. The highest BCUT2D eigenvalue weighted by Crippen LogP contribution is 2.30. The van der Waals surface area contributed by atoms with Crippen LogP contribution in [0, 0.1) is 0 Å². The molecule has 24 heavy (non-hydrogen) atoms. The quantitative estimate of drug-likeness (QED) is 0.806. The maximum Gasteiger partial charge on any atom is 0.416 e. The Morgan fingerprint density at radius 1 is 1.17 bits per heavy atom. The first-order chi connectivity index (χ1) is 11.4. The topological polar surface area (TPSA) is 66.0 Å². The molecule has 0 spiro atoms. The molecule has 5 nitrogen and oxygen atoms in total. The molecule has 2 atom stereocenters. The van der Waals surface area contributed by atoms with Crippen LogP contribution >= 0.6 is 0 Å². The van der Waals surface area contributed by atoms with Gasteiger partial charge in [0.2, 0.25) is 5.91 Å². The van der Waals surface area contributed by atoms with Gasteiger partial charge in [-0.25, -0.2) is 10.9 Å². The van der Waals surface area contributed by atoms with Crippen LogP contribution in [0.4, 0.5) is 18.9 Å². The molecule has 1 saturated heterocycles. The first-order valence-electron chi connectivity index (χ1n) is 7.33. The van der Waals surface area contributed by atoms with Gasteiger partial charge in [-0.1, -0.05) is 12.1 Å². The van der Waals surface area contributed by atoms with Crippen molar-refractivity contribution >= 4 is 11.6 Å². The van der Waals surface area contributed by atoms with Crippen LogP contribution in [0.25, 0.3) is 0 Å². The number of nitrogens with zero attached hydrogens (tertiary/aromatic N) is 1. The van der Waals surface area contributed by atoms with Crippen LogP contribution in [-0.2, 0) is 11.0 Å². The largest absolute Gasteiger partial charge is 0.416 e. The van der Waals surface area contributed by atoms with Crippen LogP contribution in [0.5, 0.6) is 0 Å². The van der Waals surface area contributed by atoms with E-state index in [1.807, 2.05) is 12.1 Å². The minimum absolute atomic E-state index is 0.109. The van der Waals surface area contributed by atoms with Crippen LogP contribution in [0.2, 0.25) is 0 Å². The van der Waals surface area contributed by atoms with Crippen LogP contribution in [0.15, 0.2) is 48.7 Å². The Bertz CT molecular complexity index is 721. The number of hydrazine groups is 1. The summed E-state index contributed by atoms with van der Waals surface area (Å²) in [5, 5.41) is 2.51. The average Bonchev–Trinajstić information content (AvgIpc) is 3.05. The standard InChI is InChI=1S/C16H15F3N4O/c17-16(18,19)10-4-3-5-11(8-10)21-15(24)14-9-13(22-23-14)12-6-1-2-7-20-12/h1-8,13-14,22-23H,9H2,(H,21,24). The van der Waals surface area contributed by atoms with Crippen molar-refractivity contribution in [1.29, 1.82) is 0 Å². The molecule has 0 radical (unpaired) electrons. The fourth-order valence-electron chi connectivity index (χ4n) is 2.51. The number of anilines is 1. The van der Waals surface area contributed by atoms with Gasteiger partial charge in [-0.15, -0.1) is 0 Å². The molecule has 3 rings (SSSR count). The lowest BCUT2D eigenvalue weighted by Gasteiger charge is -2.12. The van der Waals surface area contributed by atoms with Crippen molar-refractivity contribution in [2.24, 2.45) is 0 Å². The van der Waals surface area contributed by atoms with Crippen molar-refractivity contribution in [2.45, 2.75) is 24.7 Å². The molecule has 1 aliphatic rings. The second-order valence-corrected chi connectivity index (χ2v) is 5.45. The molecule has 126 valence electrons. The lowest BCUT2D eigenvalue weighted by molar-refractivity contribution is -0.137. The molecule has 0 aliphatic carbocycles. The summed E-state index contributed by atoms with van der Waals surface area (Å²) in [4.78, 5) is 16.5. The number of amides is 1. The van der Waals surface area contributed by atoms with E-state index in [4.69, 9.17) is 0 Å². The second-order valence-electron chi connectivity index (χ2n) is 5.45. The number of nitrogens with one attached hydrogen (secondary N) is 3. The minimum Gasteiger partial charge on any atom is -0.325 e. The molecule has 2 unspecified atom stereocenters. The van der Waals surface area contributed by atoms with Crippen LogP contribution in [0.1, 0.15) is 23.7 Å². The third kappa shape index (κ3) is 3.72. The number of rotatable bonds is 3. The Hall–Kier alpha value is -2.45. The Balaban J connectivity index is 1.64. The number of aromatic nitrogens is 1. The smallest absolute Gasteiger partial charge is 0.325 e. The van der Waals surface area contributed by atoms with Gasteiger partial charge in [-0.3, -0.25) is 9.78 Å². The number of halogens is 3. The Labute approximate surface area is 136 Å². The zero-order chi connectivity index (χ0) is 17.2.